The molecule has 1 aromatic carbocycles. The molecule has 3 nitrogen and oxygen atoms in total. The number of hydrogen-bond donors (Lipinski definition) is 1. The lowest BCUT2D eigenvalue weighted by atomic mass is 10.1. The van der Waals surface area contributed by atoms with Gasteiger partial charge in [0.15, 0.2) is 0 Å². The SMILES string of the molecule is Cc1cc(S)c2c(c1)C(=O)[N]C2=O. The Bertz CT molecular complexity index is 426. The average Bonchev–Trinajstić information content (AvgIpc) is 2.27. The van der Waals surface area contributed by atoms with E-state index < -0.39 is 11.8 Å². The number of hydrogen-bond acceptors (Lipinski definition) is 3. The maximum absolute atomic E-state index is 11.2. The van der Waals surface area contributed by atoms with E-state index in [0.29, 0.717) is 16.0 Å². The molecule has 0 N–H and O–H groups in total. The predicted octanol–water partition coefficient (Wildman–Crippen LogP) is 1.18. The Morgan fingerprint density at radius 2 is 1.92 bits per heavy atom. The van der Waals surface area contributed by atoms with Crippen LogP contribution in [-0.4, -0.2) is 11.8 Å². The summed E-state index contributed by atoms with van der Waals surface area (Å²) >= 11 is 4.12. The minimum absolute atomic E-state index is 0.332. The van der Waals surface area contributed by atoms with Crippen molar-refractivity contribution in [2.75, 3.05) is 0 Å². The van der Waals surface area contributed by atoms with E-state index in [2.05, 4.69) is 17.9 Å². The van der Waals surface area contributed by atoms with Crippen molar-refractivity contribution in [2.45, 2.75) is 11.8 Å². The molecule has 1 radical (unpaired) electrons. The van der Waals surface area contributed by atoms with Crippen LogP contribution < -0.4 is 5.32 Å². The molecular weight excluding hydrogens is 186 g/mol. The van der Waals surface area contributed by atoms with Gasteiger partial charge in [0.2, 0.25) is 0 Å². The molecule has 0 unspecified atom stereocenters. The number of carbonyl (C=O) groups excluding carboxylic acids is 2. The normalized spacial score (nSPS) is 14.3. The summed E-state index contributed by atoms with van der Waals surface area (Å²) < 4.78 is 0. The first kappa shape index (κ1) is 8.31. The topological polar surface area (TPSA) is 48.2 Å². The van der Waals surface area contributed by atoms with Gasteiger partial charge in [-0.05, 0) is 24.6 Å². The molecule has 0 spiro atoms. The van der Waals surface area contributed by atoms with Crippen molar-refractivity contribution in [3.63, 3.8) is 0 Å². The second-order valence-corrected chi connectivity index (χ2v) is 3.41. The predicted molar refractivity (Wildman–Crippen MR) is 49.2 cm³/mol. The Labute approximate surface area is 80.5 Å². The zero-order chi connectivity index (χ0) is 9.59. The van der Waals surface area contributed by atoms with Gasteiger partial charge in [-0.15, -0.1) is 12.6 Å². The Balaban J connectivity index is 2.77. The standard InChI is InChI=1S/C9H6NO2S/c1-4-2-5-7(6(13)3-4)9(12)10-8(5)11/h2-3,13H,1H3. The second kappa shape index (κ2) is 2.60. The number of fused-ring (bicyclic) bond motifs is 1. The molecule has 2 amide bonds. The zero-order valence-corrected chi connectivity index (χ0v) is 7.76. The first-order valence-electron chi connectivity index (χ1n) is 3.73. The third-order valence-corrected chi connectivity index (χ3v) is 2.26. The molecule has 4 heteroatoms. The molecule has 0 aromatic heterocycles. The fraction of sp³-hybridized carbons (Fsp3) is 0.111. The molecule has 1 aromatic rings. The number of carbonyl (C=O) groups is 2. The van der Waals surface area contributed by atoms with Crippen LogP contribution in [0.15, 0.2) is 17.0 Å². The minimum Gasteiger partial charge on any atom is -0.267 e. The van der Waals surface area contributed by atoms with Gasteiger partial charge in [0, 0.05) is 4.90 Å². The van der Waals surface area contributed by atoms with Gasteiger partial charge >= 0.3 is 0 Å². The maximum atomic E-state index is 11.2. The van der Waals surface area contributed by atoms with Crippen LogP contribution in [0.3, 0.4) is 0 Å². The van der Waals surface area contributed by atoms with E-state index in [-0.39, 0.29) is 0 Å². The minimum atomic E-state index is -0.481. The number of benzene rings is 1. The molecule has 13 heavy (non-hydrogen) atoms. The summed E-state index contributed by atoms with van der Waals surface area (Å²) in [6, 6.07) is 3.40. The summed E-state index contributed by atoms with van der Waals surface area (Å²) in [5.41, 5.74) is 1.61. The van der Waals surface area contributed by atoms with Crippen molar-refractivity contribution in [3.05, 3.63) is 28.8 Å². The summed E-state index contributed by atoms with van der Waals surface area (Å²) in [6.45, 7) is 1.84. The van der Waals surface area contributed by atoms with E-state index in [0.717, 1.165) is 5.56 Å². The molecule has 0 fully saturated rings. The van der Waals surface area contributed by atoms with Crippen LogP contribution in [0, 0.1) is 6.92 Å². The van der Waals surface area contributed by atoms with Crippen LogP contribution in [0.5, 0.6) is 0 Å². The molecular formula is C9H6NO2S. The first-order valence-corrected chi connectivity index (χ1v) is 4.18. The molecule has 1 aliphatic rings. The summed E-state index contributed by atoms with van der Waals surface area (Å²) in [5, 5.41) is 3.33. The van der Waals surface area contributed by atoms with Crippen LogP contribution in [0.4, 0.5) is 0 Å². The van der Waals surface area contributed by atoms with Gasteiger partial charge in [-0.2, -0.15) is 5.32 Å². The molecule has 0 aliphatic carbocycles. The lowest BCUT2D eigenvalue weighted by molar-refractivity contribution is 0.0872. The molecule has 0 bridgehead atoms. The first-order chi connectivity index (χ1) is 6.09. The van der Waals surface area contributed by atoms with Gasteiger partial charge in [0.1, 0.15) is 0 Å². The van der Waals surface area contributed by atoms with Gasteiger partial charge in [-0.1, -0.05) is 0 Å². The van der Waals surface area contributed by atoms with Gasteiger partial charge in [-0.3, -0.25) is 9.59 Å². The van der Waals surface area contributed by atoms with Crippen molar-refractivity contribution in [3.8, 4) is 0 Å². The van der Waals surface area contributed by atoms with Crippen molar-refractivity contribution < 1.29 is 9.59 Å². The summed E-state index contributed by atoms with van der Waals surface area (Å²) in [6.07, 6.45) is 0. The largest absolute Gasteiger partial charge is 0.282 e. The van der Waals surface area contributed by atoms with Gasteiger partial charge in [0.05, 0.1) is 11.1 Å². The van der Waals surface area contributed by atoms with Crippen LogP contribution >= 0.6 is 12.6 Å². The number of thiol groups is 1. The lowest BCUT2D eigenvalue weighted by Gasteiger charge is -1.99. The molecule has 1 aliphatic heterocycles. The molecule has 0 atom stereocenters. The van der Waals surface area contributed by atoms with E-state index in [1.165, 1.54) is 0 Å². The fourth-order valence-corrected chi connectivity index (χ4v) is 1.79. The van der Waals surface area contributed by atoms with Gasteiger partial charge in [-0.25, -0.2) is 0 Å². The maximum Gasteiger partial charge on any atom is 0.282 e. The number of amides is 2. The highest BCUT2D eigenvalue weighted by molar-refractivity contribution is 7.80. The Kier molecular flexibility index (Phi) is 1.66. The number of rotatable bonds is 0. The molecule has 0 saturated carbocycles. The van der Waals surface area contributed by atoms with Gasteiger partial charge in [0.25, 0.3) is 11.8 Å². The van der Waals surface area contributed by atoms with E-state index >= 15 is 0 Å². The fourth-order valence-electron chi connectivity index (χ4n) is 1.37. The summed E-state index contributed by atoms with van der Waals surface area (Å²) in [5.74, 6) is -0.941. The van der Waals surface area contributed by atoms with Crippen LogP contribution in [0.1, 0.15) is 26.3 Å². The molecule has 1 heterocycles. The van der Waals surface area contributed by atoms with Crippen molar-refractivity contribution >= 4 is 24.4 Å². The lowest BCUT2D eigenvalue weighted by Crippen LogP contribution is -2.10. The Hall–Kier alpha value is -1.29. The number of aryl methyl sites for hydroxylation is 1. The second-order valence-electron chi connectivity index (χ2n) is 2.93. The summed E-state index contributed by atoms with van der Waals surface area (Å²) in [4.78, 5) is 22.9. The Morgan fingerprint density at radius 3 is 2.62 bits per heavy atom. The monoisotopic (exact) mass is 192 g/mol. The quantitative estimate of drug-likeness (QED) is 0.495. The highest BCUT2D eigenvalue weighted by Crippen LogP contribution is 2.25. The van der Waals surface area contributed by atoms with E-state index in [9.17, 15) is 9.59 Å². The van der Waals surface area contributed by atoms with Crippen LogP contribution in [0.2, 0.25) is 0 Å². The molecule has 2 rings (SSSR count). The highest BCUT2D eigenvalue weighted by Gasteiger charge is 2.30. The van der Waals surface area contributed by atoms with E-state index in [1.54, 1.807) is 12.1 Å². The zero-order valence-electron chi connectivity index (χ0n) is 6.87. The van der Waals surface area contributed by atoms with Gasteiger partial charge < -0.3 is 0 Å². The molecule has 0 saturated heterocycles. The third kappa shape index (κ3) is 1.14. The van der Waals surface area contributed by atoms with Crippen LogP contribution in [-0.2, 0) is 0 Å². The van der Waals surface area contributed by atoms with Crippen molar-refractivity contribution in [1.82, 2.24) is 5.32 Å². The highest BCUT2D eigenvalue weighted by atomic mass is 32.1. The third-order valence-electron chi connectivity index (χ3n) is 1.91. The van der Waals surface area contributed by atoms with E-state index in [4.69, 9.17) is 0 Å². The average molecular weight is 192 g/mol. The van der Waals surface area contributed by atoms with E-state index in [1.807, 2.05) is 6.92 Å². The van der Waals surface area contributed by atoms with Crippen LogP contribution in [0.25, 0.3) is 0 Å². The summed E-state index contributed by atoms with van der Waals surface area (Å²) in [7, 11) is 0. The van der Waals surface area contributed by atoms with Crippen molar-refractivity contribution in [2.24, 2.45) is 0 Å². The number of imide groups is 1. The number of nitrogens with zero attached hydrogens (tertiary/aromatic N) is 1. The van der Waals surface area contributed by atoms with Crippen molar-refractivity contribution in [1.29, 1.82) is 0 Å². The molecule has 65 valence electrons. The smallest absolute Gasteiger partial charge is 0.267 e. The Morgan fingerprint density at radius 1 is 1.23 bits per heavy atom.